The van der Waals surface area contributed by atoms with E-state index in [-0.39, 0.29) is 17.5 Å². The van der Waals surface area contributed by atoms with E-state index in [4.69, 9.17) is 23.8 Å². The van der Waals surface area contributed by atoms with Gasteiger partial charge in [0.1, 0.15) is 0 Å². The molecule has 0 amide bonds. The van der Waals surface area contributed by atoms with E-state index >= 15 is 0 Å². The van der Waals surface area contributed by atoms with Crippen molar-refractivity contribution in [1.82, 2.24) is 10.2 Å². The molecule has 6 heteroatoms. The van der Waals surface area contributed by atoms with Crippen LogP contribution in [0.15, 0.2) is 36.4 Å². The molecule has 1 heterocycles. The number of rotatable bonds is 3. The van der Waals surface area contributed by atoms with Crippen molar-refractivity contribution in [2.24, 2.45) is 5.92 Å². The third kappa shape index (κ3) is 3.89. The van der Waals surface area contributed by atoms with Gasteiger partial charge in [-0.15, -0.1) is 0 Å². The van der Waals surface area contributed by atoms with Gasteiger partial charge in [0.25, 0.3) is 0 Å². The highest BCUT2D eigenvalue weighted by atomic mass is 35.5. The number of phenolic OH excluding ortho intramolecular Hbond substituents is 2. The number of fused-ring (bicyclic) bond motifs is 1. The van der Waals surface area contributed by atoms with Gasteiger partial charge < -0.3 is 20.4 Å². The van der Waals surface area contributed by atoms with Gasteiger partial charge in [-0.2, -0.15) is 0 Å². The minimum atomic E-state index is -0.0868. The van der Waals surface area contributed by atoms with E-state index in [0.717, 1.165) is 29.7 Å². The number of nitrogens with zero attached hydrogens (tertiary/aromatic N) is 1. The van der Waals surface area contributed by atoms with Gasteiger partial charge >= 0.3 is 0 Å². The Morgan fingerprint density at radius 2 is 1.88 bits per heavy atom. The molecule has 0 fully saturated rings. The molecule has 4 nitrogen and oxygen atoms in total. The molecule has 1 atom stereocenters. The smallest absolute Gasteiger partial charge is 0.169 e. The monoisotopic (exact) mass is 390 g/mol. The van der Waals surface area contributed by atoms with Crippen molar-refractivity contribution in [2.45, 2.75) is 32.9 Å². The zero-order valence-corrected chi connectivity index (χ0v) is 16.4. The maximum absolute atomic E-state index is 9.95. The molecule has 3 N–H and O–H groups in total. The summed E-state index contributed by atoms with van der Waals surface area (Å²) in [6.07, 6.45) is 0.773. The second-order valence-electron chi connectivity index (χ2n) is 6.96. The summed E-state index contributed by atoms with van der Waals surface area (Å²) in [4.78, 5) is 2.18. The number of nitrogens with one attached hydrogen (secondary N) is 1. The van der Waals surface area contributed by atoms with Gasteiger partial charge in [0, 0.05) is 18.1 Å². The van der Waals surface area contributed by atoms with Gasteiger partial charge in [-0.1, -0.05) is 37.6 Å². The van der Waals surface area contributed by atoms with Crippen LogP contribution in [0.5, 0.6) is 11.5 Å². The Bertz CT molecular complexity index is 808. The molecule has 0 aromatic heterocycles. The number of aromatic hydroxyl groups is 2. The Hall–Kier alpha value is -1.98. The van der Waals surface area contributed by atoms with Crippen molar-refractivity contribution in [1.29, 1.82) is 0 Å². The lowest BCUT2D eigenvalue weighted by atomic mass is 9.86. The van der Waals surface area contributed by atoms with Gasteiger partial charge in [-0.25, -0.2) is 0 Å². The molecule has 0 saturated carbocycles. The summed E-state index contributed by atoms with van der Waals surface area (Å²) in [5, 5.41) is 24.5. The number of hydrogen-bond donors (Lipinski definition) is 3. The molecule has 2 aromatic carbocycles. The van der Waals surface area contributed by atoms with Crippen LogP contribution in [0.4, 0.5) is 0 Å². The third-order valence-electron chi connectivity index (χ3n) is 4.76. The molecule has 0 saturated heterocycles. The molecule has 0 spiro atoms. The highest BCUT2D eigenvalue weighted by Crippen LogP contribution is 2.40. The fourth-order valence-electron chi connectivity index (χ4n) is 3.50. The molecule has 1 aliphatic rings. The van der Waals surface area contributed by atoms with Crippen LogP contribution in [-0.2, 0) is 13.0 Å². The van der Waals surface area contributed by atoms with E-state index in [2.05, 4.69) is 24.1 Å². The molecule has 2 aromatic rings. The lowest BCUT2D eigenvalue weighted by Gasteiger charge is -2.41. The van der Waals surface area contributed by atoms with Gasteiger partial charge in [-0.3, -0.25) is 0 Å². The molecule has 1 unspecified atom stereocenters. The lowest BCUT2D eigenvalue weighted by molar-refractivity contribution is 0.233. The molecular formula is C20H23ClN2O2S. The second kappa shape index (κ2) is 7.72. The van der Waals surface area contributed by atoms with Crippen molar-refractivity contribution in [3.8, 4) is 11.5 Å². The molecule has 0 aliphatic carbocycles. The first-order chi connectivity index (χ1) is 12.4. The molecule has 1 aliphatic heterocycles. The first-order valence-corrected chi connectivity index (χ1v) is 9.49. The topological polar surface area (TPSA) is 55.7 Å². The Balaban J connectivity index is 1.78. The Labute approximate surface area is 164 Å². The minimum absolute atomic E-state index is 0.0514. The highest BCUT2D eigenvalue weighted by molar-refractivity contribution is 7.80. The summed E-state index contributed by atoms with van der Waals surface area (Å²) < 4.78 is 0. The summed E-state index contributed by atoms with van der Waals surface area (Å²) in [6.45, 7) is 5.68. The quantitative estimate of drug-likeness (QED) is 0.536. The molecular weight excluding hydrogens is 368 g/mol. The van der Waals surface area contributed by atoms with Crippen LogP contribution in [0.3, 0.4) is 0 Å². The van der Waals surface area contributed by atoms with E-state index in [1.807, 2.05) is 24.3 Å². The van der Waals surface area contributed by atoms with Gasteiger partial charge in [0.05, 0.1) is 6.04 Å². The average molecular weight is 391 g/mol. The van der Waals surface area contributed by atoms with Crippen LogP contribution >= 0.6 is 23.8 Å². The number of halogens is 1. The maximum Gasteiger partial charge on any atom is 0.169 e. The minimum Gasteiger partial charge on any atom is -0.504 e. The number of phenols is 2. The zero-order valence-electron chi connectivity index (χ0n) is 14.9. The fraction of sp³-hybridized carbons (Fsp3) is 0.350. The van der Waals surface area contributed by atoms with Crippen LogP contribution in [0.1, 0.15) is 36.6 Å². The highest BCUT2D eigenvalue weighted by Gasteiger charge is 2.32. The Kier molecular flexibility index (Phi) is 5.58. The maximum atomic E-state index is 9.95. The summed E-state index contributed by atoms with van der Waals surface area (Å²) in [6, 6.07) is 11.1. The van der Waals surface area contributed by atoms with Crippen LogP contribution in [0, 0.1) is 5.92 Å². The van der Waals surface area contributed by atoms with Gasteiger partial charge in [0.2, 0.25) is 0 Å². The van der Waals surface area contributed by atoms with Crippen LogP contribution in [0.2, 0.25) is 5.02 Å². The van der Waals surface area contributed by atoms with Gasteiger partial charge in [-0.05, 0) is 65.5 Å². The average Bonchev–Trinajstić information content (AvgIpc) is 2.61. The first kappa shape index (κ1) is 18.8. The molecule has 138 valence electrons. The second-order valence-corrected chi connectivity index (χ2v) is 7.78. The van der Waals surface area contributed by atoms with Crippen molar-refractivity contribution >= 4 is 28.9 Å². The fourth-order valence-corrected chi connectivity index (χ4v) is 3.91. The van der Waals surface area contributed by atoms with Gasteiger partial charge in [0.15, 0.2) is 16.6 Å². The normalized spacial score (nSPS) is 16.5. The summed E-state index contributed by atoms with van der Waals surface area (Å²) in [5.74, 6) is 0.146. The van der Waals surface area contributed by atoms with E-state index < -0.39 is 0 Å². The molecule has 0 bridgehead atoms. The van der Waals surface area contributed by atoms with Crippen molar-refractivity contribution in [2.75, 3.05) is 6.54 Å². The predicted octanol–water partition coefficient (Wildman–Crippen LogP) is 4.38. The first-order valence-electron chi connectivity index (χ1n) is 8.70. The number of hydrogen-bond acceptors (Lipinski definition) is 3. The summed E-state index contributed by atoms with van der Waals surface area (Å²) in [7, 11) is 0. The van der Waals surface area contributed by atoms with E-state index in [9.17, 15) is 10.2 Å². The predicted molar refractivity (Wildman–Crippen MR) is 109 cm³/mol. The lowest BCUT2D eigenvalue weighted by Crippen LogP contribution is -2.46. The standard InChI is InChI=1S/C20H23ClN2O2S/c1-12(2)19-16-10-18(25)17(24)9-14(16)7-8-23(19)20(26)22-11-13-3-5-15(21)6-4-13/h3-6,9-10,12,19,24-25H,7-8,11H2,1-2H3,(H,22,26). The SMILES string of the molecule is CC(C)C1c2cc(O)c(O)cc2CCN1C(=S)NCc1ccc(Cl)cc1. The number of thiocarbonyl (C=S) groups is 1. The van der Waals surface area contributed by atoms with E-state index in [1.54, 1.807) is 12.1 Å². The van der Waals surface area contributed by atoms with E-state index in [0.29, 0.717) is 22.6 Å². The van der Waals surface area contributed by atoms with Crippen LogP contribution < -0.4 is 5.32 Å². The Morgan fingerprint density at radius 3 is 2.54 bits per heavy atom. The van der Waals surface area contributed by atoms with E-state index in [1.165, 1.54) is 0 Å². The number of benzene rings is 2. The van der Waals surface area contributed by atoms with Crippen molar-refractivity contribution in [3.05, 3.63) is 58.1 Å². The molecule has 0 radical (unpaired) electrons. The Morgan fingerprint density at radius 1 is 1.23 bits per heavy atom. The zero-order chi connectivity index (χ0) is 18.8. The summed E-state index contributed by atoms with van der Waals surface area (Å²) >= 11 is 11.6. The molecule has 26 heavy (non-hydrogen) atoms. The van der Waals surface area contributed by atoms with Crippen molar-refractivity contribution < 1.29 is 10.2 Å². The molecule has 3 rings (SSSR count). The van der Waals surface area contributed by atoms with Crippen molar-refractivity contribution in [3.63, 3.8) is 0 Å². The third-order valence-corrected chi connectivity index (χ3v) is 5.39. The van der Waals surface area contributed by atoms with Crippen LogP contribution in [-0.4, -0.2) is 26.8 Å². The summed E-state index contributed by atoms with van der Waals surface area (Å²) in [5.41, 5.74) is 3.20. The van der Waals surface area contributed by atoms with Crippen LogP contribution in [0.25, 0.3) is 0 Å². The largest absolute Gasteiger partial charge is 0.504 e.